The average molecular weight is 321 g/mol. The van der Waals surface area contributed by atoms with Crippen LogP contribution in [0.2, 0.25) is 0 Å². The van der Waals surface area contributed by atoms with Crippen molar-refractivity contribution in [3.63, 3.8) is 0 Å². The zero-order chi connectivity index (χ0) is 14.9. The molecule has 0 aliphatic carbocycles. The summed E-state index contributed by atoms with van der Waals surface area (Å²) in [4.78, 5) is 31.5. The van der Waals surface area contributed by atoms with Crippen LogP contribution in [0.25, 0.3) is 0 Å². The predicted molar refractivity (Wildman–Crippen MR) is 83.5 cm³/mol. The first-order chi connectivity index (χ1) is 10.1. The van der Waals surface area contributed by atoms with Crippen LogP contribution in [0.4, 0.5) is 5.13 Å². The molecule has 1 aliphatic heterocycles. The van der Waals surface area contributed by atoms with Crippen molar-refractivity contribution in [1.82, 2.24) is 9.88 Å². The van der Waals surface area contributed by atoms with Gasteiger partial charge in [-0.1, -0.05) is 6.07 Å². The lowest BCUT2D eigenvalue weighted by Gasteiger charge is -2.48. The van der Waals surface area contributed by atoms with E-state index in [1.165, 1.54) is 11.3 Å². The third-order valence-corrected chi connectivity index (χ3v) is 5.33. The number of amides is 2. The lowest BCUT2D eigenvalue weighted by atomic mass is 9.85. The van der Waals surface area contributed by atoms with Gasteiger partial charge in [0, 0.05) is 23.0 Å². The largest absolute Gasteiger partial charge is 0.328 e. The van der Waals surface area contributed by atoms with Crippen molar-refractivity contribution in [2.24, 2.45) is 0 Å². The molecular weight excluding hydrogens is 306 g/mol. The van der Waals surface area contributed by atoms with Gasteiger partial charge < -0.3 is 4.90 Å². The highest BCUT2D eigenvalue weighted by molar-refractivity contribution is 7.13. The summed E-state index contributed by atoms with van der Waals surface area (Å²) < 4.78 is 0. The highest BCUT2D eigenvalue weighted by atomic mass is 32.1. The van der Waals surface area contributed by atoms with Crippen LogP contribution in [0, 0.1) is 0 Å². The topological polar surface area (TPSA) is 62.3 Å². The fourth-order valence-corrected chi connectivity index (χ4v) is 3.59. The highest BCUT2D eigenvalue weighted by Crippen LogP contribution is 2.32. The SMILES string of the molecule is CC1(C(=O)Nc2nccs2)CCN1C(=O)Cc1cccs1. The van der Waals surface area contributed by atoms with Crippen LogP contribution in [-0.2, 0) is 16.0 Å². The lowest BCUT2D eigenvalue weighted by molar-refractivity contribution is -0.154. The second kappa shape index (κ2) is 5.57. The lowest BCUT2D eigenvalue weighted by Crippen LogP contribution is -2.66. The van der Waals surface area contributed by atoms with Gasteiger partial charge in [-0.25, -0.2) is 4.98 Å². The summed E-state index contributed by atoms with van der Waals surface area (Å²) in [6, 6.07) is 3.87. The standard InChI is InChI=1S/C14H15N3O2S2/c1-14(12(19)16-13-15-5-8-21-13)4-6-17(14)11(18)9-10-3-2-7-20-10/h2-3,5,7-8H,4,6,9H2,1H3,(H,15,16,19). The summed E-state index contributed by atoms with van der Waals surface area (Å²) in [6.07, 6.45) is 2.68. The average Bonchev–Trinajstić information content (AvgIpc) is 3.09. The highest BCUT2D eigenvalue weighted by Gasteiger charge is 2.49. The first-order valence-corrected chi connectivity index (χ1v) is 8.39. The number of carbonyl (C=O) groups excluding carboxylic acids is 2. The Bertz CT molecular complexity index is 639. The van der Waals surface area contributed by atoms with Crippen LogP contribution in [0.5, 0.6) is 0 Å². The van der Waals surface area contributed by atoms with Gasteiger partial charge in [-0.3, -0.25) is 14.9 Å². The van der Waals surface area contributed by atoms with E-state index in [4.69, 9.17) is 0 Å². The molecule has 1 N–H and O–H groups in total. The van der Waals surface area contributed by atoms with E-state index in [1.807, 2.05) is 24.4 Å². The molecule has 2 aromatic heterocycles. The number of hydrogen-bond acceptors (Lipinski definition) is 5. The van der Waals surface area contributed by atoms with Crippen LogP contribution in [-0.4, -0.2) is 33.8 Å². The normalized spacial score (nSPS) is 20.9. The van der Waals surface area contributed by atoms with E-state index in [1.54, 1.807) is 27.8 Å². The summed E-state index contributed by atoms with van der Waals surface area (Å²) in [5.74, 6) is -0.163. The Morgan fingerprint density at radius 3 is 2.86 bits per heavy atom. The molecule has 1 atom stereocenters. The van der Waals surface area contributed by atoms with Gasteiger partial charge in [-0.05, 0) is 24.8 Å². The minimum absolute atomic E-state index is 0.000453. The Morgan fingerprint density at radius 2 is 2.29 bits per heavy atom. The van der Waals surface area contributed by atoms with E-state index < -0.39 is 5.54 Å². The molecule has 1 unspecified atom stereocenters. The first kappa shape index (κ1) is 14.2. The Morgan fingerprint density at radius 1 is 1.43 bits per heavy atom. The summed E-state index contributed by atoms with van der Waals surface area (Å²) in [5.41, 5.74) is -0.764. The van der Waals surface area contributed by atoms with Crippen molar-refractivity contribution in [2.75, 3.05) is 11.9 Å². The first-order valence-electron chi connectivity index (χ1n) is 6.63. The molecule has 5 nitrogen and oxygen atoms in total. The van der Waals surface area contributed by atoms with E-state index in [-0.39, 0.29) is 11.8 Å². The molecule has 0 aromatic carbocycles. The molecule has 2 aromatic rings. The third kappa shape index (κ3) is 2.71. The van der Waals surface area contributed by atoms with E-state index in [0.29, 0.717) is 24.5 Å². The fourth-order valence-electron chi connectivity index (χ4n) is 2.37. The smallest absolute Gasteiger partial charge is 0.251 e. The van der Waals surface area contributed by atoms with Gasteiger partial charge in [-0.2, -0.15) is 0 Å². The van der Waals surface area contributed by atoms with Gasteiger partial charge in [0.15, 0.2) is 5.13 Å². The number of rotatable bonds is 4. The number of thiazole rings is 1. The number of likely N-dealkylation sites (tertiary alicyclic amines) is 1. The summed E-state index contributed by atoms with van der Waals surface area (Å²) in [5, 5.41) is 7.11. The number of nitrogens with zero attached hydrogens (tertiary/aromatic N) is 2. The number of aromatic nitrogens is 1. The summed E-state index contributed by atoms with van der Waals surface area (Å²) in [6.45, 7) is 2.44. The van der Waals surface area contributed by atoms with E-state index in [0.717, 1.165) is 4.88 Å². The quantitative estimate of drug-likeness (QED) is 0.940. The molecule has 0 bridgehead atoms. The Balaban J connectivity index is 1.66. The number of carbonyl (C=O) groups is 2. The molecule has 3 heterocycles. The third-order valence-electron chi connectivity index (χ3n) is 3.77. The molecule has 1 fully saturated rings. The fraction of sp³-hybridized carbons (Fsp3) is 0.357. The van der Waals surface area contributed by atoms with Crippen LogP contribution >= 0.6 is 22.7 Å². The molecular formula is C14H15N3O2S2. The van der Waals surface area contributed by atoms with Crippen molar-refractivity contribution in [3.05, 3.63) is 34.0 Å². The number of anilines is 1. The van der Waals surface area contributed by atoms with Gasteiger partial charge in [0.25, 0.3) is 5.91 Å². The second-order valence-electron chi connectivity index (χ2n) is 5.12. The Kier molecular flexibility index (Phi) is 3.77. The van der Waals surface area contributed by atoms with Crippen molar-refractivity contribution in [1.29, 1.82) is 0 Å². The number of nitrogens with one attached hydrogen (secondary N) is 1. The van der Waals surface area contributed by atoms with Crippen molar-refractivity contribution >= 4 is 39.6 Å². The van der Waals surface area contributed by atoms with Gasteiger partial charge in [0.1, 0.15) is 5.54 Å². The molecule has 110 valence electrons. The molecule has 1 saturated heterocycles. The molecule has 0 saturated carbocycles. The van der Waals surface area contributed by atoms with Crippen LogP contribution in [0.15, 0.2) is 29.1 Å². The van der Waals surface area contributed by atoms with Gasteiger partial charge in [0.05, 0.1) is 6.42 Å². The predicted octanol–water partition coefficient (Wildman–Crippen LogP) is 2.38. The number of thiophene rings is 1. The minimum atomic E-state index is -0.764. The molecule has 3 rings (SSSR count). The van der Waals surface area contributed by atoms with Crippen molar-refractivity contribution < 1.29 is 9.59 Å². The minimum Gasteiger partial charge on any atom is -0.328 e. The maximum atomic E-state index is 12.4. The Labute approximate surface area is 130 Å². The zero-order valence-electron chi connectivity index (χ0n) is 11.5. The molecule has 1 aliphatic rings. The van der Waals surface area contributed by atoms with Gasteiger partial charge >= 0.3 is 0 Å². The molecule has 2 amide bonds. The molecule has 21 heavy (non-hydrogen) atoms. The van der Waals surface area contributed by atoms with Crippen LogP contribution in [0.1, 0.15) is 18.2 Å². The monoisotopic (exact) mass is 321 g/mol. The van der Waals surface area contributed by atoms with Crippen molar-refractivity contribution in [2.45, 2.75) is 25.3 Å². The number of hydrogen-bond donors (Lipinski definition) is 1. The molecule has 0 spiro atoms. The Hall–Kier alpha value is -1.73. The summed E-state index contributed by atoms with van der Waals surface area (Å²) in [7, 11) is 0. The zero-order valence-corrected chi connectivity index (χ0v) is 13.2. The maximum absolute atomic E-state index is 12.4. The van der Waals surface area contributed by atoms with Gasteiger partial charge in [0.2, 0.25) is 5.91 Å². The summed E-state index contributed by atoms with van der Waals surface area (Å²) >= 11 is 2.93. The van der Waals surface area contributed by atoms with E-state index in [9.17, 15) is 9.59 Å². The molecule has 0 radical (unpaired) electrons. The van der Waals surface area contributed by atoms with Crippen molar-refractivity contribution in [3.8, 4) is 0 Å². The van der Waals surface area contributed by atoms with Gasteiger partial charge in [-0.15, -0.1) is 22.7 Å². The van der Waals surface area contributed by atoms with E-state index in [2.05, 4.69) is 10.3 Å². The molecule has 7 heteroatoms. The second-order valence-corrected chi connectivity index (χ2v) is 7.04. The maximum Gasteiger partial charge on any atom is 0.251 e. The van der Waals surface area contributed by atoms with Crippen LogP contribution in [0.3, 0.4) is 0 Å². The van der Waals surface area contributed by atoms with Crippen LogP contribution < -0.4 is 5.32 Å². The van der Waals surface area contributed by atoms with E-state index >= 15 is 0 Å².